The Balaban J connectivity index is 1.35. The fourth-order valence-electron chi connectivity index (χ4n) is 5.89. The van der Waals surface area contributed by atoms with E-state index in [4.69, 9.17) is 27.7 Å². The Morgan fingerprint density at radius 3 is 2.31 bits per heavy atom. The lowest BCUT2D eigenvalue weighted by Gasteiger charge is -2.50. The Hall–Kier alpha value is -2.34. The number of rotatable bonds is 5. The summed E-state index contributed by atoms with van der Waals surface area (Å²) in [4.78, 5) is 16.1. The lowest BCUT2D eigenvalue weighted by molar-refractivity contribution is 0.0227. The molecule has 7 heteroatoms. The van der Waals surface area contributed by atoms with Crippen molar-refractivity contribution in [2.24, 2.45) is 0 Å². The standard InChI is InChI=1S/C28H31Cl2N3O2/c1-19-24(26(32-35-19)25-22(29)11-8-12-23(25)30)27(34)31-21-13-15-28(16-14-21,20-9-4-2-5-10-20)33-17-6-3-7-18-33/h2,4-5,8-12,21H,3,6-7,13-18H2,1H3,(H,31,34). The maximum absolute atomic E-state index is 13.4. The van der Waals surface area contributed by atoms with Crippen LogP contribution in [0.1, 0.15) is 66.6 Å². The fraction of sp³-hybridized carbons (Fsp3) is 0.429. The Kier molecular flexibility index (Phi) is 7.19. The van der Waals surface area contributed by atoms with Gasteiger partial charge in [-0.25, -0.2) is 0 Å². The minimum absolute atomic E-state index is 0.0479. The number of likely N-dealkylation sites (tertiary alicyclic amines) is 1. The Morgan fingerprint density at radius 1 is 1.00 bits per heavy atom. The van der Waals surface area contributed by atoms with Crippen molar-refractivity contribution in [2.75, 3.05) is 13.1 Å². The first kappa shape index (κ1) is 24.4. The molecule has 1 aliphatic heterocycles. The molecule has 0 radical (unpaired) electrons. The van der Waals surface area contributed by atoms with Gasteiger partial charge in [0, 0.05) is 17.1 Å². The van der Waals surface area contributed by atoms with Gasteiger partial charge in [0.05, 0.1) is 10.0 Å². The minimum Gasteiger partial charge on any atom is -0.360 e. The number of aromatic nitrogens is 1. The molecular formula is C28H31Cl2N3O2. The number of aryl methyl sites for hydroxylation is 1. The summed E-state index contributed by atoms with van der Waals surface area (Å²) in [5, 5.41) is 8.27. The third kappa shape index (κ3) is 4.74. The summed E-state index contributed by atoms with van der Waals surface area (Å²) < 4.78 is 5.41. The van der Waals surface area contributed by atoms with Gasteiger partial charge in [-0.05, 0) is 76.2 Å². The number of halogens is 2. The number of benzene rings is 2. The molecule has 3 aromatic rings. The van der Waals surface area contributed by atoms with Gasteiger partial charge in [-0.3, -0.25) is 9.69 Å². The van der Waals surface area contributed by atoms with E-state index in [-0.39, 0.29) is 17.5 Å². The van der Waals surface area contributed by atoms with Gasteiger partial charge >= 0.3 is 0 Å². The summed E-state index contributed by atoms with van der Waals surface area (Å²) >= 11 is 12.8. The molecule has 2 aliphatic rings. The molecule has 184 valence electrons. The van der Waals surface area contributed by atoms with E-state index < -0.39 is 0 Å². The van der Waals surface area contributed by atoms with E-state index >= 15 is 0 Å². The second-order valence-electron chi connectivity index (χ2n) is 9.75. The monoisotopic (exact) mass is 511 g/mol. The zero-order valence-corrected chi connectivity index (χ0v) is 21.5. The number of hydrogen-bond donors (Lipinski definition) is 1. The van der Waals surface area contributed by atoms with Gasteiger partial charge in [-0.2, -0.15) is 0 Å². The minimum atomic E-state index is -0.190. The van der Waals surface area contributed by atoms with E-state index in [1.807, 2.05) is 0 Å². The second kappa shape index (κ2) is 10.3. The van der Waals surface area contributed by atoms with Gasteiger partial charge in [0.15, 0.2) is 0 Å². The van der Waals surface area contributed by atoms with Crippen LogP contribution in [0.3, 0.4) is 0 Å². The van der Waals surface area contributed by atoms with Crippen LogP contribution in [0.4, 0.5) is 0 Å². The average molecular weight is 512 g/mol. The van der Waals surface area contributed by atoms with E-state index in [2.05, 4.69) is 45.7 Å². The van der Waals surface area contributed by atoms with Gasteiger partial charge in [0.2, 0.25) is 0 Å². The smallest absolute Gasteiger partial charge is 0.257 e. The Labute approximate surface area is 216 Å². The van der Waals surface area contributed by atoms with Crippen LogP contribution < -0.4 is 5.32 Å². The first-order chi connectivity index (χ1) is 17.0. The van der Waals surface area contributed by atoms with Crippen molar-refractivity contribution < 1.29 is 9.32 Å². The summed E-state index contributed by atoms with van der Waals surface area (Å²) in [7, 11) is 0. The molecule has 1 saturated carbocycles. The molecule has 0 spiro atoms. The van der Waals surface area contributed by atoms with Gasteiger partial charge in [0.1, 0.15) is 17.0 Å². The van der Waals surface area contributed by atoms with Crippen molar-refractivity contribution in [3.05, 3.63) is 75.5 Å². The van der Waals surface area contributed by atoms with Crippen LogP contribution >= 0.6 is 23.2 Å². The summed E-state index contributed by atoms with van der Waals surface area (Å²) in [6.07, 6.45) is 7.72. The molecule has 2 aromatic carbocycles. The highest BCUT2D eigenvalue weighted by Crippen LogP contribution is 2.44. The zero-order chi connectivity index (χ0) is 24.4. The van der Waals surface area contributed by atoms with Crippen molar-refractivity contribution in [3.63, 3.8) is 0 Å². The van der Waals surface area contributed by atoms with Crippen LogP contribution in [-0.2, 0) is 5.54 Å². The van der Waals surface area contributed by atoms with Crippen LogP contribution in [0, 0.1) is 6.92 Å². The molecule has 1 aliphatic carbocycles. The molecule has 2 fully saturated rings. The highest BCUT2D eigenvalue weighted by molar-refractivity contribution is 6.39. The van der Waals surface area contributed by atoms with Crippen molar-refractivity contribution >= 4 is 29.1 Å². The number of carbonyl (C=O) groups is 1. The molecule has 1 N–H and O–H groups in total. The molecular weight excluding hydrogens is 481 g/mol. The lowest BCUT2D eigenvalue weighted by atomic mass is 9.73. The molecule has 5 nitrogen and oxygen atoms in total. The van der Waals surface area contributed by atoms with Crippen molar-refractivity contribution in [2.45, 2.75) is 63.5 Å². The van der Waals surface area contributed by atoms with E-state index in [0.717, 1.165) is 38.8 Å². The summed E-state index contributed by atoms with van der Waals surface area (Å²) in [5.74, 6) is 0.265. The SMILES string of the molecule is Cc1onc(-c2c(Cl)cccc2Cl)c1C(=O)NC1CCC(c2ccccc2)(N2CCCCC2)CC1. The summed E-state index contributed by atoms with van der Waals surface area (Å²) in [6.45, 7) is 4.04. The molecule has 1 amide bonds. The molecule has 5 rings (SSSR count). The van der Waals surface area contributed by atoms with Crippen molar-refractivity contribution in [3.8, 4) is 11.3 Å². The number of carbonyl (C=O) groups excluding carboxylic acids is 1. The Bertz CT molecular complexity index is 1160. The van der Waals surface area contributed by atoms with Crippen molar-refractivity contribution in [1.29, 1.82) is 0 Å². The zero-order valence-electron chi connectivity index (χ0n) is 20.0. The van der Waals surface area contributed by atoms with Gasteiger partial charge < -0.3 is 9.84 Å². The predicted molar refractivity (Wildman–Crippen MR) is 140 cm³/mol. The largest absolute Gasteiger partial charge is 0.360 e. The van der Waals surface area contributed by atoms with Crippen LogP contribution in [0.25, 0.3) is 11.3 Å². The van der Waals surface area contributed by atoms with E-state index in [0.29, 0.717) is 32.6 Å². The van der Waals surface area contributed by atoms with Crippen LogP contribution in [0.2, 0.25) is 10.0 Å². The maximum Gasteiger partial charge on any atom is 0.257 e. The van der Waals surface area contributed by atoms with Crippen LogP contribution in [0.5, 0.6) is 0 Å². The first-order valence-corrected chi connectivity index (χ1v) is 13.3. The highest BCUT2D eigenvalue weighted by Gasteiger charge is 2.42. The Morgan fingerprint density at radius 2 is 1.66 bits per heavy atom. The molecule has 2 heterocycles. The molecule has 0 unspecified atom stereocenters. The molecule has 1 saturated heterocycles. The third-order valence-corrected chi connectivity index (χ3v) is 8.34. The number of amides is 1. The fourth-order valence-corrected chi connectivity index (χ4v) is 6.47. The quantitative estimate of drug-likeness (QED) is 0.400. The molecule has 35 heavy (non-hydrogen) atoms. The van der Waals surface area contributed by atoms with E-state index in [1.54, 1.807) is 25.1 Å². The van der Waals surface area contributed by atoms with E-state index in [9.17, 15) is 4.79 Å². The summed E-state index contributed by atoms with van der Waals surface area (Å²) in [6, 6.07) is 16.2. The van der Waals surface area contributed by atoms with Gasteiger partial charge in [0.25, 0.3) is 5.91 Å². The van der Waals surface area contributed by atoms with Crippen molar-refractivity contribution in [1.82, 2.24) is 15.4 Å². The normalized spacial score (nSPS) is 23.2. The molecule has 0 atom stereocenters. The maximum atomic E-state index is 13.4. The topological polar surface area (TPSA) is 58.4 Å². The van der Waals surface area contributed by atoms with E-state index in [1.165, 1.54) is 24.8 Å². The number of hydrogen-bond acceptors (Lipinski definition) is 4. The number of nitrogens with zero attached hydrogens (tertiary/aromatic N) is 2. The van der Waals surface area contributed by atoms with Gasteiger partial charge in [-0.15, -0.1) is 0 Å². The van der Waals surface area contributed by atoms with Crippen LogP contribution in [-0.4, -0.2) is 35.1 Å². The third-order valence-electron chi connectivity index (χ3n) is 7.71. The summed E-state index contributed by atoms with van der Waals surface area (Å²) in [5.41, 5.74) is 2.76. The molecule has 1 aromatic heterocycles. The van der Waals surface area contributed by atoms with Crippen LogP contribution in [0.15, 0.2) is 53.1 Å². The lowest BCUT2D eigenvalue weighted by Crippen LogP contribution is -2.53. The highest BCUT2D eigenvalue weighted by atomic mass is 35.5. The average Bonchev–Trinajstić information content (AvgIpc) is 3.26. The van der Waals surface area contributed by atoms with Gasteiger partial charge in [-0.1, -0.05) is 71.2 Å². The predicted octanol–water partition coefficient (Wildman–Crippen LogP) is 7.01. The number of piperidine rings is 1. The first-order valence-electron chi connectivity index (χ1n) is 12.5. The number of nitrogens with one attached hydrogen (secondary N) is 1. The second-order valence-corrected chi connectivity index (χ2v) is 10.6. The molecule has 0 bridgehead atoms.